The second kappa shape index (κ2) is 7.14. The molecule has 12 heavy (non-hydrogen) atoms. The molecule has 0 saturated carbocycles. The van der Waals surface area contributed by atoms with Crippen LogP contribution in [0.25, 0.3) is 0 Å². The lowest BCUT2D eigenvalue weighted by Crippen LogP contribution is -2.18. The van der Waals surface area contributed by atoms with Crippen molar-refractivity contribution in [2.75, 3.05) is 20.6 Å². The van der Waals surface area contributed by atoms with Gasteiger partial charge in [0.15, 0.2) is 0 Å². The summed E-state index contributed by atoms with van der Waals surface area (Å²) in [6, 6.07) is 0. The van der Waals surface area contributed by atoms with Crippen LogP contribution in [-0.4, -0.2) is 31.4 Å². The first kappa shape index (κ1) is 11.5. The quantitative estimate of drug-likeness (QED) is 0.352. The van der Waals surface area contributed by atoms with Crippen LogP contribution >= 0.6 is 0 Å². The molecule has 0 bridgehead atoms. The van der Waals surface area contributed by atoms with Crippen molar-refractivity contribution in [3.8, 4) is 0 Å². The predicted octanol–water partition coefficient (Wildman–Crippen LogP) is 2.55. The minimum absolute atomic E-state index is 0.990. The summed E-state index contributed by atoms with van der Waals surface area (Å²) in [4.78, 5) is 6.49. The van der Waals surface area contributed by atoms with Crippen molar-refractivity contribution in [3.05, 3.63) is 0 Å². The average molecular weight is 170 g/mol. The highest BCUT2D eigenvalue weighted by atomic mass is 15.1. The van der Waals surface area contributed by atoms with Crippen LogP contribution in [0, 0.1) is 0 Å². The molecule has 0 atom stereocenters. The van der Waals surface area contributed by atoms with Crippen LogP contribution in [0.3, 0.4) is 0 Å². The number of unbranched alkanes of at least 4 members (excludes halogenated alkanes) is 3. The number of aliphatic imine (C=N–C) groups is 1. The SMILES string of the molecule is CCCCCC/N=C(\C)N(C)C. The smallest absolute Gasteiger partial charge is 0.0952 e. The van der Waals surface area contributed by atoms with Crippen LogP contribution in [0.5, 0.6) is 0 Å². The lowest BCUT2D eigenvalue weighted by molar-refractivity contribution is 0.607. The number of amidine groups is 1. The Morgan fingerprint density at radius 1 is 1.17 bits per heavy atom. The summed E-state index contributed by atoms with van der Waals surface area (Å²) in [5.74, 6) is 1.13. The average Bonchev–Trinajstić information content (AvgIpc) is 2.03. The summed E-state index contributed by atoms with van der Waals surface area (Å²) in [6.45, 7) is 5.28. The molecule has 2 heteroatoms. The second-order valence-corrected chi connectivity index (χ2v) is 3.38. The zero-order chi connectivity index (χ0) is 9.40. The van der Waals surface area contributed by atoms with Crippen molar-refractivity contribution in [2.24, 2.45) is 4.99 Å². The Hall–Kier alpha value is -0.530. The molecule has 0 N–H and O–H groups in total. The number of hydrogen-bond donors (Lipinski definition) is 0. The predicted molar refractivity (Wildman–Crippen MR) is 55.8 cm³/mol. The highest BCUT2D eigenvalue weighted by Gasteiger charge is 1.91. The maximum atomic E-state index is 4.44. The fourth-order valence-corrected chi connectivity index (χ4v) is 0.921. The highest BCUT2D eigenvalue weighted by molar-refractivity contribution is 5.79. The third-order valence-corrected chi connectivity index (χ3v) is 2.00. The van der Waals surface area contributed by atoms with Crippen molar-refractivity contribution in [1.29, 1.82) is 0 Å². The van der Waals surface area contributed by atoms with E-state index in [0.29, 0.717) is 0 Å². The Kier molecular flexibility index (Phi) is 6.82. The molecular weight excluding hydrogens is 148 g/mol. The van der Waals surface area contributed by atoms with Crippen LogP contribution < -0.4 is 0 Å². The van der Waals surface area contributed by atoms with Crippen LogP contribution in [0.2, 0.25) is 0 Å². The Bertz CT molecular complexity index is 128. The van der Waals surface area contributed by atoms with Gasteiger partial charge in [-0.3, -0.25) is 4.99 Å². The lowest BCUT2D eigenvalue weighted by Gasteiger charge is -2.10. The molecule has 0 fully saturated rings. The van der Waals surface area contributed by atoms with Gasteiger partial charge in [0.05, 0.1) is 5.84 Å². The molecule has 0 rings (SSSR count). The van der Waals surface area contributed by atoms with Gasteiger partial charge in [0.1, 0.15) is 0 Å². The van der Waals surface area contributed by atoms with E-state index in [-0.39, 0.29) is 0 Å². The number of nitrogens with zero attached hydrogens (tertiary/aromatic N) is 2. The molecule has 0 spiro atoms. The first-order valence-corrected chi connectivity index (χ1v) is 4.86. The molecule has 0 aliphatic rings. The van der Waals surface area contributed by atoms with Gasteiger partial charge in [-0.25, -0.2) is 0 Å². The van der Waals surface area contributed by atoms with E-state index in [1.54, 1.807) is 0 Å². The maximum Gasteiger partial charge on any atom is 0.0952 e. The van der Waals surface area contributed by atoms with E-state index in [0.717, 1.165) is 12.4 Å². The summed E-state index contributed by atoms with van der Waals surface area (Å²) in [7, 11) is 4.07. The lowest BCUT2D eigenvalue weighted by atomic mass is 10.2. The number of hydrogen-bond acceptors (Lipinski definition) is 1. The van der Waals surface area contributed by atoms with Gasteiger partial charge in [0.2, 0.25) is 0 Å². The van der Waals surface area contributed by atoms with E-state index in [1.807, 2.05) is 14.1 Å². The fourth-order valence-electron chi connectivity index (χ4n) is 0.921. The molecule has 0 amide bonds. The zero-order valence-electron chi connectivity index (χ0n) is 8.93. The van der Waals surface area contributed by atoms with Gasteiger partial charge in [0, 0.05) is 20.6 Å². The van der Waals surface area contributed by atoms with Gasteiger partial charge < -0.3 is 4.90 Å². The Balaban J connectivity index is 3.34. The van der Waals surface area contributed by atoms with E-state index in [1.165, 1.54) is 25.7 Å². The van der Waals surface area contributed by atoms with Crippen LogP contribution in [0.15, 0.2) is 4.99 Å². The van der Waals surface area contributed by atoms with Crippen molar-refractivity contribution in [3.63, 3.8) is 0 Å². The molecule has 0 aromatic rings. The molecule has 0 aromatic heterocycles. The third-order valence-electron chi connectivity index (χ3n) is 2.00. The standard InChI is InChI=1S/C10H22N2/c1-5-6-7-8-9-11-10(2)12(3)4/h5-9H2,1-4H3/b11-10+. The van der Waals surface area contributed by atoms with Gasteiger partial charge in [-0.1, -0.05) is 26.2 Å². The van der Waals surface area contributed by atoms with Crippen molar-refractivity contribution in [1.82, 2.24) is 4.90 Å². The van der Waals surface area contributed by atoms with E-state index in [2.05, 4.69) is 23.7 Å². The molecule has 0 radical (unpaired) electrons. The van der Waals surface area contributed by atoms with Gasteiger partial charge in [-0.15, -0.1) is 0 Å². The van der Waals surface area contributed by atoms with Crippen LogP contribution in [-0.2, 0) is 0 Å². The van der Waals surface area contributed by atoms with Crippen molar-refractivity contribution in [2.45, 2.75) is 39.5 Å². The molecular formula is C10H22N2. The van der Waals surface area contributed by atoms with Gasteiger partial charge >= 0.3 is 0 Å². The Morgan fingerprint density at radius 2 is 1.83 bits per heavy atom. The molecule has 72 valence electrons. The first-order valence-electron chi connectivity index (χ1n) is 4.86. The summed E-state index contributed by atoms with van der Waals surface area (Å²) >= 11 is 0. The summed E-state index contributed by atoms with van der Waals surface area (Å²) < 4.78 is 0. The zero-order valence-corrected chi connectivity index (χ0v) is 8.93. The van der Waals surface area contributed by atoms with Crippen LogP contribution in [0.1, 0.15) is 39.5 Å². The van der Waals surface area contributed by atoms with Crippen molar-refractivity contribution >= 4 is 5.84 Å². The van der Waals surface area contributed by atoms with Crippen LogP contribution in [0.4, 0.5) is 0 Å². The molecule has 0 aromatic carbocycles. The maximum absolute atomic E-state index is 4.44. The van der Waals surface area contributed by atoms with Crippen molar-refractivity contribution < 1.29 is 0 Å². The van der Waals surface area contributed by atoms with Gasteiger partial charge in [-0.05, 0) is 13.3 Å². The molecule has 0 unspecified atom stereocenters. The first-order chi connectivity index (χ1) is 5.68. The fraction of sp³-hybridized carbons (Fsp3) is 0.900. The monoisotopic (exact) mass is 170 g/mol. The minimum Gasteiger partial charge on any atom is -0.367 e. The molecule has 0 aliphatic heterocycles. The van der Waals surface area contributed by atoms with E-state index < -0.39 is 0 Å². The van der Waals surface area contributed by atoms with E-state index >= 15 is 0 Å². The summed E-state index contributed by atoms with van der Waals surface area (Å²) in [5, 5.41) is 0. The van der Waals surface area contributed by atoms with Gasteiger partial charge in [-0.2, -0.15) is 0 Å². The summed E-state index contributed by atoms with van der Waals surface area (Å²) in [5.41, 5.74) is 0. The molecule has 2 nitrogen and oxygen atoms in total. The van der Waals surface area contributed by atoms with Gasteiger partial charge in [0.25, 0.3) is 0 Å². The highest BCUT2D eigenvalue weighted by Crippen LogP contribution is 1.98. The molecule has 0 aliphatic carbocycles. The largest absolute Gasteiger partial charge is 0.367 e. The Morgan fingerprint density at radius 3 is 2.33 bits per heavy atom. The molecule has 0 heterocycles. The Labute approximate surface area is 76.7 Å². The van der Waals surface area contributed by atoms with E-state index in [4.69, 9.17) is 0 Å². The summed E-state index contributed by atoms with van der Waals surface area (Å²) in [6.07, 6.45) is 5.20. The second-order valence-electron chi connectivity index (χ2n) is 3.38. The molecule has 0 saturated heterocycles. The number of rotatable bonds is 5. The van der Waals surface area contributed by atoms with E-state index in [9.17, 15) is 0 Å². The topological polar surface area (TPSA) is 15.6 Å². The minimum atomic E-state index is 0.990. The third kappa shape index (κ3) is 6.20. The normalized spacial score (nSPS) is 11.8.